The zero-order valence-electron chi connectivity index (χ0n) is 12.1. The molecular weight excluding hydrogens is 354 g/mol. The molecule has 120 valence electrons. The summed E-state index contributed by atoms with van der Waals surface area (Å²) in [6.07, 6.45) is 3.97. The van der Waals surface area contributed by atoms with Gasteiger partial charge in [0.15, 0.2) is 0 Å². The second kappa shape index (κ2) is 6.95. The van der Waals surface area contributed by atoms with Crippen LogP contribution >= 0.6 is 15.9 Å². The summed E-state index contributed by atoms with van der Waals surface area (Å²) in [5.74, 6) is -1.10. The number of aryl methyl sites for hydroxylation is 1. The summed E-state index contributed by atoms with van der Waals surface area (Å²) >= 11 is 3.27. The quantitative estimate of drug-likeness (QED) is 0.755. The molecule has 1 fully saturated rings. The summed E-state index contributed by atoms with van der Waals surface area (Å²) in [6.45, 7) is 0. The van der Waals surface area contributed by atoms with Gasteiger partial charge < -0.3 is 20.3 Å². The van der Waals surface area contributed by atoms with E-state index < -0.39 is 12.0 Å². The molecule has 0 aromatic carbocycles. The Morgan fingerprint density at radius 2 is 1.95 bits per heavy atom. The molecule has 1 heterocycles. The molecule has 1 aliphatic rings. The van der Waals surface area contributed by atoms with E-state index in [1.807, 2.05) is 0 Å². The van der Waals surface area contributed by atoms with Crippen molar-refractivity contribution in [2.45, 2.75) is 31.7 Å². The summed E-state index contributed by atoms with van der Waals surface area (Å²) in [5, 5.41) is 14.3. The van der Waals surface area contributed by atoms with E-state index in [1.165, 1.54) is 4.57 Å². The Kier molecular flexibility index (Phi) is 5.23. The third-order valence-electron chi connectivity index (χ3n) is 3.81. The number of carbonyl (C=O) groups excluding carboxylic acids is 1. The number of rotatable bonds is 3. The van der Waals surface area contributed by atoms with Crippen LogP contribution in [0.25, 0.3) is 0 Å². The number of anilines is 1. The highest BCUT2D eigenvalue weighted by molar-refractivity contribution is 9.10. The maximum absolute atomic E-state index is 12.0. The van der Waals surface area contributed by atoms with Crippen molar-refractivity contribution in [3.8, 4) is 0 Å². The van der Waals surface area contributed by atoms with E-state index in [2.05, 4.69) is 26.6 Å². The fourth-order valence-corrected chi connectivity index (χ4v) is 3.12. The zero-order valence-corrected chi connectivity index (χ0v) is 13.7. The average molecular weight is 372 g/mol. The number of hydrogen-bond donors (Lipinski definition) is 3. The van der Waals surface area contributed by atoms with E-state index in [-0.39, 0.29) is 23.2 Å². The van der Waals surface area contributed by atoms with Gasteiger partial charge in [0, 0.05) is 23.8 Å². The normalized spacial score (nSPS) is 21.2. The summed E-state index contributed by atoms with van der Waals surface area (Å²) in [5.41, 5.74) is -0.110. The van der Waals surface area contributed by atoms with Crippen LogP contribution in [0.3, 0.4) is 0 Å². The molecule has 1 saturated carbocycles. The standard InChI is InChI=1S/C14H18BrN3O4/c1-18-7-9(15)6-11(12(18)19)17-14(22)16-10-4-2-8(3-5-10)13(20)21/h6-8,10H,2-5H2,1H3,(H,20,21)(H2,16,17,22). The van der Waals surface area contributed by atoms with E-state index in [0.717, 1.165) is 0 Å². The van der Waals surface area contributed by atoms with Gasteiger partial charge in [-0.2, -0.15) is 0 Å². The Morgan fingerprint density at radius 1 is 1.32 bits per heavy atom. The van der Waals surface area contributed by atoms with Crippen molar-refractivity contribution in [1.29, 1.82) is 0 Å². The summed E-state index contributed by atoms with van der Waals surface area (Å²) in [4.78, 5) is 34.8. The second-order valence-electron chi connectivity index (χ2n) is 5.47. The minimum absolute atomic E-state index is 0.0633. The molecule has 3 N–H and O–H groups in total. The highest BCUT2D eigenvalue weighted by Crippen LogP contribution is 2.24. The molecule has 8 heteroatoms. The van der Waals surface area contributed by atoms with Gasteiger partial charge in [-0.15, -0.1) is 0 Å². The van der Waals surface area contributed by atoms with Gasteiger partial charge in [0.1, 0.15) is 5.69 Å². The molecule has 0 bridgehead atoms. The van der Waals surface area contributed by atoms with Crippen LogP contribution in [-0.4, -0.2) is 27.7 Å². The monoisotopic (exact) mass is 371 g/mol. The number of pyridine rings is 1. The number of urea groups is 1. The number of hydrogen-bond acceptors (Lipinski definition) is 3. The number of carbonyl (C=O) groups is 2. The van der Waals surface area contributed by atoms with Crippen LogP contribution in [0.1, 0.15) is 25.7 Å². The van der Waals surface area contributed by atoms with Crippen LogP contribution in [0.5, 0.6) is 0 Å². The molecule has 7 nitrogen and oxygen atoms in total. The van der Waals surface area contributed by atoms with Gasteiger partial charge in [-0.25, -0.2) is 4.79 Å². The lowest BCUT2D eigenvalue weighted by atomic mass is 9.86. The van der Waals surface area contributed by atoms with Crippen molar-refractivity contribution >= 4 is 33.6 Å². The van der Waals surface area contributed by atoms with Gasteiger partial charge in [0.2, 0.25) is 0 Å². The van der Waals surface area contributed by atoms with Crippen LogP contribution in [-0.2, 0) is 11.8 Å². The van der Waals surface area contributed by atoms with E-state index in [4.69, 9.17) is 5.11 Å². The van der Waals surface area contributed by atoms with Crippen molar-refractivity contribution < 1.29 is 14.7 Å². The first-order valence-electron chi connectivity index (χ1n) is 7.03. The summed E-state index contributed by atoms with van der Waals surface area (Å²) < 4.78 is 2.06. The smallest absolute Gasteiger partial charge is 0.319 e. The number of nitrogens with zero attached hydrogens (tertiary/aromatic N) is 1. The number of halogens is 1. The van der Waals surface area contributed by atoms with E-state index in [0.29, 0.717) is 30.2 Å². The molecule has 1 aromatic rings. The predicted molar refractivity (Wildman–Crippen MR) is 84.9 cm³/mol. The summed E-state index contributed by atoms with van der Waals surface area (Å²) in [7, 11) is 1.60. The molecule has 1 aromatic heterocycles. The molecule has 2 amide bonds. The van der Waals surface area contributed by atoms with Crippen LogP contribution in [0, 0.1) is 5.92 Å². The van der Waals surface area contributed by atoms with Gasteiger partial charge in [-0.05, 0) is 47.7 Å². The molecule has 2 rings (SSSR count). The predicted octanol–water partition coefficient (Wildman–Crippen LogP) is 1.91. The van der Waals surface area contributed by atoms with Crippen LogP contribution < -0.4 is 16.2 Å². The van der Waals surface area contributed by atoms with Crippen molar-refractivity contribution in [3.63, 3.8) is 0 Å². The van der Waals surface area contributed by atoms with Crippen LogP contribution in [0.15, 0.2) is 21.5 Å². The third-order valence-corrected chi connectivity index (χ3v) is 4.24. The van der Waals surface area contributed by atoms with Gasteiger partial charge in [0.25, 0.3) is 5.56 Å². The maximum Gasteiger partial charge on any atom is 0.319 e. The fraction of sp³-hybridized carbons (Fsp3) is 0.500. The Bertz CT molecular complexity index is 635. The topological polar surface area (TPSA) is 100 Å². The third kappa shape index (κ3) is 4.09. The molecule has 22 heavy (non-hydrogen) atoms. The van der Waals surface area contributed by atoms with Gasteiger partial charge in [-0.1, -0.05) is 0 Å². The Labute approximate surface area is 135 Å². The number of nitrogens with one attached hydrogen (secondary N) is 2. The first kappa shape index (κ1) is 16.5. The molecule has 0 unspecified atom stereocenters. The highest BCUT2D eigenvalue weighted by atomic mass is 79.9. The molecule has 0 aliphatic heterocycles. The first-order chi connectivity index (χ1) is 10.4. The molecule has 0 atom stereocenters. The van der Waals surface area contributed by atoms with Crippen molar-refractivity contribution in [2.24, 2.45) is 13.0 Å². The maximum atomic E-state index is 12.0. The lowest BCUT2D eigenvalue weighted by Crippen LogP contribution is -2.41. The van der Waals surface area contributed by atoms with Crippen molar-refractivity contribution in [2.75, 3.05) is 5.32 Å². The SMILES string of the molecule is Cn1cc(Br)cc(NC(=O)NC2CCC(C(=O)O)CC2)c1=O. The Balaban J connectivity index is 1.92. The lowest BCUT2D eigenvalue weighted by molar-refractivity contribution is -0.142. The zero-order chi connectivity index (χ0) is 16.3. The fourth-order valence-electron chi connectivity index (χ4n) is 2.59. The average Bonchev–Trinajstić information content (AvgIpc) is 2.44. The van der Waals surface area contributed by atoms with Crippen molar-refractivity contribution in [1.82, 2.24) is 9.88 Å². The van der Waals surface area contributed by atoms with E-state index >= 15 is 0 Å². The van der Waals surface area contributed by atoms with Crippen molar-refractivity contribution in [3.05, 3.63) is 27.1 Å². The lowest BCUT2D eigenvalue weighted by Gasteiger charge is -2.26. The second-order valence-corrected chi connectivity index (χ2v) is 6.39. The number of aromatic nitrogens is 1. The minimum Gasteiger partial charge on any atom is -0.481 e. The molecule has 0 saturated heterocycles. The number of carboxylic acids is 1. The number of carboxylic acid groups (broad SMARTS) is 1. The minimum atomic E-state index is -0.777. The molecule has 1 aliphatic carbocycles. The number of aliphatic carboxylic acids is 1. The van der Waals surface area contributed by atoms with E-state index in [9.17, 15) is 14.4 Å². The molecule has 0 spiro atoms. The molecular formula is C14H18BrN3O4. The van der Waals surface area contributed by atoms with Crippen LogP contribution in [0.4, 0.5) is 10.5 Å². The van der Waals surface area contributed by atoms with Crippen LogP contribution in [0.2, 0.25) is 0 Å². The highest BCUT2D eigenvalue weighted by Gasteiger charge is 2.26. The summed E-state index contributed by atoms with van der Waals surface area (Å²) in [6, 6.07) is 1.03. The van der Waals surface area contributed by atoms with E-state index in [1.54, 1.807) is 19.3 Å². The number of amides is 2. The van der Waals surface area contributed by atoms with Gasteiger partial charge in [0.05, 0.1) is 5.92 Å². The largest absolute Gasteiger partial charge is 0.481 e. The van der Waals surface area contributed by atoms with Gasteiger partial charge in [-0.3, -0.25) is 9.59 Å². The Hall–Kier alpha value is -1.83. The Morgan fingerprint density at radius 3 is 2.55 bits per heavy atom. The van der Waals surface area contributed by atoms with Gasteiger partial charge >= 0.3 is 12.0 Å². The first-order valence-corrected chi connectivity index (χ1v) is 7.82. The molecule has 0 radical (unpaired) electrons.